The number of rotatable bonds is 3. The van der Waals surface area contributed by atoms with Crippen LogP contribution in [-0.4, -0.2) is 26.0 Å². The first kappa shape index (κ1) is 11.8. The normalized spacial score (nSPS) is 11.3. The molecule has 2 heterocycles. The van der Waals surface area contributed by atoms with E-state index in [9.17, 15) is 0 Å². The maximum absolute atomic E-state index is 8.47. The molecule has 0 amide bonds. The molecule has 0 aliphatic heterocycles. The fourth-order valence-corrected chi connectivity index (χ4v) is 1.19. The Labute approximate surface area is 103 Å². The van der Waals surface area contributed by atoms with Gasteiger partial charge in [0.1, 0.15) is 11.4 Å². The molecule has 7 nitrogen and oxygen atoms in total. The number of ether oxygens (including phenoxy) is 1. The third-order valence-electron chi connectivity index (χ3n) is 2.10. The summed E-state index contributed by atoms with van der Waals surface area (Å²) in [5, 5.41) is 11.3. The molecule has 0 aliphatic rings. The summed E-state index contributed by atoms with van der Waals surface area (Å²) in [6, 6.07) is 3.61. The summed E-state index contributed by atoms with van der Waals surface area (Å²) < 4.78 is 5.42. The summed E-state index contributed by atoms with van der Waals surface area (Å²) in [7, 11) is 0. The van der Waals surface area contributed by atoms with Gasteiger partial charge in [0, 0.05) is 5.69 Å². The first-order valence-corrected chi connectivity index (χ1v) is 5.09. The molecule has 92 valence electrons. The third kappa shape index (κ3) is 2.70. The molecule has 7 heteroatoms. The molecular formula is C11H11N5O2. The summed E-state index contributed by atoms with van der Waals surface area (Å²) in [5.41, 5.74) is 6.53. The summed E-state index contributed by atoms with van der Waals surface area (Å²) >= 11 is 0. The summed E-state index contributed by atoms with van der Waals surface area (Å²) in [6.45, 7) is 1.88. The number of oxime groups is 1. The molecule has 0 saturated heterocycles. The Morgan fingerprint density at radius 3 is 2.61 bits per heavy atom. The van der Waals surface area contributed by atoms with Crippen molar-refractivity contribution in [2.45, 2.75) is 6.92 Å². The average Bonchev–Trinajstić information content (AvgIpc) is 2.41. The second-order valence-electron chi connectivity index (χ2n) is 3.46. The van der Waals surface area contributed by atoms with E-state index < -0.39 is 0 Å². The molecule has 18 heavy (non-hydrogen) atoms. The van der Waals surface area contributed by atoms with Gasteiger partial charge in [0.25, 0.3) is 0 Å². The van der Waals surface area contributed by atoms with Crippen molar-refractivity contribution in [3.05, 3.63) is 42.1 Å². The van der Waals surface area contributed by atoms with Crippen molar-refractivity contribution in [2.24, 2.45) is 10.9 Å². The topological polar surface area (TPSA) is 107 Å². The van der Waals surface area contributed by atoms with Crippen LogP contribution in [0.2, 0.25) is 0 Å². The third-order valence-corrected chi connectivity index (χ3v) is 2.10. The van der Waals surface area contributed by atoms with E-state index in [1.165, 1.54) is 12.4 Å². The van der Waals surface area contributed by atoms with Crippen molar-refractivity contribution in [3.8, 4) is 11.6 Å². The van der Waals surface area contributed by atoms with Gasteiger partial charge in [0.05, 0.1) is 18.6 Å². The molecule has 0 aromatic carbocycles. The first-order chi connectivity index (χ1) is 8.69. The van der Waals surface area contributed by atoms with Crippen molar-refractivity contribution in [1.82, 2.24) is 15.0 Å². The van der Waals surface area contributed by atoms with Crippen LogP contribution < -0.4 is 10.5 Å². The maximum atomic E-state index is 8.47. The Morgan fingerprint density at radius 1 is 1.22 bits per heavy atom. The summed E-state index contributed by atoms with van der Waals surface area (Å²) in [6.07, 6.45) is 4.33. The molecule has 0 radical (unpaired) electrons. The van der Waals surface area contributed by atoms with E-state index in [1.807, 2.05) is 13.0 Å². The second kappa shape index (κ2) is 5.09. The Kier molecular flexibility index (Phi) is 3.33. The van der Waals surface area contributed by atoms with E-state index in [0.717, 1.165) is 5.69 Å². The van der Waals surface area contributed by atoms with Crippen molar-refractivity contribution >= 4 is 5.84 Å². The highest BCUT2D eigenvalue weighted by Crippen LogP contribution is 2.17. The van der Waals surface area contributed by atoms with Crippen LogP contribution >= 0.6 is 0 Å². The zero-order chi connectivity index (χ0) is 13.0. The van der Waals surface area contributed by atoms with Crippen molar-refractivity contribution in [2.75, 3.05) is 0 Å². The number of nitrogens with zero attached hydrogens (tertiary/aromatic N) is 4. The Balaban J connectivity index is 2.13. The van der Waals surface area contributed by atoms with Gasteiger partial charge in [-0.15, -0.1) is 0 Å². The Morgan fingerprint density at radius 2 is 2.06 bits per heavy atom. The van der Waals surface area contributed by atoms with Gasteiger partial charge in [-0.1, -0.05) is 5.16 Å². The molecule has 2 aromatic rings. The number of amidine groups is 1. The van der Waals surface area contributed by atoms with Crippen LogP contribution in [0.1, 0.15) is 11.4 Å². The number of aromatic nitrogens is 3. The highest BCUT2D eigenvalue weighted by Gasteiger charge is 2.03. The van der Waals surface area contributed by atoms with Crippen LogP contribution in [0.15, 0.2) is 35.9 Å². The van der Waals surface area contributed by atoms with Crippen LogP contribution in [0, 0.1) is 6.92 Å². The zero-order valence-corrected chi connectivity index (χ0v) is 9.61. The SMILES string of the molecule is Cc1ccc(Oc2cnc(C(N)=NO)cn2)cn1. The lowest BCUT2D eigenvalue weighted by molar-refractivity contribution is 0.318. The lowest BCUT2D eigenvalue weighted by Gasteiger charge is -2.04. The largest absolute Gasteiger partial charge is 0.436 e. The summed E-state index contributed by atoms with van der Waals surface area (Å²) in [5.74, 6) is 0.757. The van der Waals surface area contributed by atoms with Gasteiger partial charge >= 0.3 is 0 Å². The fraction of sp³-hybridized carbons (Fsp3) is 0.0909. The quantitative estimate of drug-likeness (QED) is 0.362. The molecule has 2 aromatic heterocycles. The molecule has 3 N–H and O–H groups in total. The van der Waals surface area contributed by atoms with Crippen LogP contribution in [0.5, 0.6) is 11.6 Å². The second-order valence-corrected chi connectivity index (χ2v) is 3.46. The maximum Gasteiger partial charge on any atom is 0.237 e. The van der Waals surface area contributed by atoms with Crippen LogP contribution in [0.4, 0.5) is 0 Å². The van der Waals surface area contributed by atoms with E-state index in [0.29, 0.717) is 11.6 Å². The van der Waals surface area contributed by atoms with Gasteiger partial charge in [0.15, 0.2) is 5.84 Å². The van der Waals surface area contributed by atoms with E-state index in [1.54, 1.807) is 12.3 Å². The Bertz CT molecular complexity index is 551. The number of aryl methyl sites for hydroxylation is 1. The molecule has 0 aliphatic carbocycles. The highest BCUT2D eigenvalue weighted by molar-refractivity contribution is 5.94. The van der Waals surface area contributed by atoms with E-state index in [4.69, 9.17) is 15.7 Å². The minimum Gasteiger partial charge on any atom is -0.436 e. The monoisotopic (exact) mass is 245 g/mol. The van der Waals surface area contributed by atoms with Crippen LogP contribution in [-0.2, 0) is 0 Å². The minimum absolute atomic E-state index is 0.106. The molecule has 0 saturated carbocycles. The smallest absolute Gasteiger partial charge is 0.237 e. The van der Waals surface area contributed by atoms with Crippen molar-refractivity contribution in [3.63, 3.8) is 0 Å². The van der Waals surface area contributed by atoms with Gasteiger partial charge in [-0.05, 0) is 19.1 Å². The van der Waals surface area contributed by atoms with Crippen LogP contribution in [0.3, 0.4) is 0 Å². The van der Waals surface area contributed by atoms with Gasteiger partial charge in [-0.2, -0.15) is 0 Å². The molecule has 0 unspecified atom stereocenters. The lowest BCUT2D eigenvalue weighted by atomic mass is 10.4. The van der Waals surface area contributed by atoms with Gasteiger partial charge < -0.3 is 15.7 Å². The number of hydrogen-bond donors (Lipinski definition) is 2. The number of nitrogens with two attached hydrogens (primary N) is 1. The van der Waals surface area contributed by atoms with E-state index in [2.05, 4.69) is 20.1 Å². The molecule has 0 spiro atoms. The van der Waals surface area contributed by atoms with Crippen LogP contribution in [0.25, 0.3) is 0 Å². The van der Waals surface area contributed by atoms with Crippen molar-refractivity contribution < 1.29 is 9.94 Å². The Hall–Kier alpha value is -2.70. The highest BCUT2D eigenvalue weighted by atomic mass is 16.5. The van der Waals surface area contributed by atoms with Gasteiger partial charge in [-0.3, -0.25) is 4.98 Å². The standard InChI is InChI=1S/C11H11N5O2/c1-7-2-3-8(4-13-7)18-10-6-14-9(5-15-10)11(12)16-17/h2-6,17H,1H3,(H2,12,16). The van der Waals surface area contributed by atoms with Gasteiger partial charge in [-0.25, -0.2) is 9.97 Å². The van der Waals surface area contributed by atoms with E-state index >= 15 is 0 Å². The lowest BCUT2D eigenvalue weighted by Crippen LogP contribution is -2.15. The minimum atomic E-state index is -0.106. The predicted molar refractivity (Wildman–Crippen MR) is 63.6 cm³/mol. The molecule has 0 atom stereocenters. The predicted octanol–water partition coefficient (Wildman–Crippen LogP) is 1.07. The van der Waals surface area contributed by atoms with Gasteiger partial charge in [0.2, 0.25) is 5.88 Å². The summed E-state index contributed by atoms with van der Waals surface area (Å²) in [4.78, 5) is 12.0. The molecule has 0 fully saturated rings. The van der Waals surface area contributed by atoms with E-state index in [-0.39, 0.29) is 11.5 Å². The fourth-order valence-electron chi connectivity index (χ4n) is 1.19. The average molecular weight is 245 g/mol. The van der Waals surface area contributed by atoms with Crippen molar-refractivity contribution in [1.29, 1.82) is 0 Å². The first-order valence-electron chi connectivity index (χ1n) is 5.09. The zero-order valence-electron chi connectivity index (χ0n) is 9.61. The number of hydrogen-bond acceptors (Lipinski definition) is 6. The molecule has 2 rings (SSSR count). The molecule has 0 bridgehead atoms. The number of pyridine rings is 1. The molecular weight excluding hydrogens is 234 g/mol.